The first-order valence-corrected chi connectivity index (χ1v) is 11.7. The molecule has 5 nitrogen and oxygen atoms in total. The van der Waals surface area contributed by atoms with E-state index in [1.165, 1.54) is 18.2 Å². The summed E-state index contributed by atoms with van der Waals surface area (Å²) in [6.07, 6.45) is 1.11. The summed E-state index contributed by atoms with van der Waals surface area (Å²) in [6, 6.07) is 14.3. The normalized spacial score (nSPS) is 11.6. The lowest BCUT2D eigenvalue weighted by atomic mass is 10.0. The third-order valence-corrected chi connectivity index (χ3v) is 6.23. The van der Waals surface area contributed by atoms with Gasteiger partial charge in [0.05, 0.1) is 4.90 Å². The number of hydrogen-bond acceptors (Lipinski definition) is 3. The second-order valence-corrected chi connectivity index (χ2v) is 9.94. The largest absolute Gasteiger partial charge is 0.350 e. The maximum absolute atomic E-state index is 14.2. The Kier molecular flexibility index (Phi) is 5.40. The summed E-state index contributed by atoms with van der Waals surface area (Å²) >= 11 is 3.34. The van der Waals surface area contributed by atoms with Gasteiger partial charge in [0.1, 0.15) is 17.3 Å². The molecule has 0 spiro atoms. The molecule has 1 heterocycles. The molecule has 0 saturated carbocycles. The smallest absolute Gasteiger partial charge is 0.272 e. The molecule has 0 fully saturated rings. The van der Waals surface area contributed by atoms with Crippen LogP contribution in [0.3, 0.4) is 0 Å². The molecule has 158 valence electrons. The highest BCUT2D eigenvalue weighted by molar-refractivity contribution is 9.10. The molecule has 4 rings (SSSR count). The predicted octanol–water partition coefficient (Wildman–Crippen LogP) is 5.53. The number of fused-ring (bicyclic) bond motifs is 1. The highest BCUT2D eigenvalue weighted by Crippen LogP contribution is 2.30. The van der Waals surface area contributed by atoms with Crippen LogP contribution in [0.5, 0.6) is 0 Å². The molecular formula is C22H15BrF2N2O3S. The minimum absolute atomic E-state index is 0.145. The van der Waals surface area contributed by atoms with Crippen LogP contribution in [0.15, 0.2) is 70.0 Å². The van der Waals surface area contributed by atoms with Crippen molar-refractivity contribution in [1.82, 2.24) is 4.98 Å². The molecule has 1 aromatic heterocycles. The Morgan fingerprint density at radius 1 is 1.00 bits per heavy atom. The zero-order valence-electron chi connectivity index (χ0n) is 16.0. The lowest BCUT2D eigenvalue weighted by Gasteiger charge is -2.09. The number of benzene rings is 3. The van der Waals surface area contributed by atoms with Crippen molar-refractivity contribution in [3.63, 3.8) is 0 Å². The summed E-state index contributed by atoms with van der Waals surface area (Å²) in [5.74, 6) is -1.85. The number of nitrogens with one attached hydrogen (secondary N) is 2. The summed E-state index contributed by atoms with van der Waals surface area (Å²) in [5, 5.41) is 3.41. The van der Waals surface area contributed by atoms with Crippen LogP contribution < -0.4 is 5.32 Å². The summed E-state index contributed by atoms with van der Waals surface area (Å²) in [7, 11) is -3.38. The third kappa shape index (κ3) is 4.52. The second kappa shape index (κ2) is 7.90. The molecule has 31 heavy (non-hydrogen) atoms. The maximum Gasteiger partial charge on any atom is 0.272 e. The zero-order valence-corrected chi connectivity index (χ0v) is 18.4. The number of aromatic amines is 1. The molecule has 0 aliphatic rings. The average molecular weight is 505 g/mol. The summed E-state index contributed by atoms with van der Waals surface area (Å²) < 4.78 is 51.5. The van der Waals surface area contributed by atoms with Crippen molar-refractivity contribution in [1.29, 1.82) is 0 Å². The fraction of sp³-hybridized carbons (Fsp3) is 0.0455. The van der Waals surface area contributed by atoms with Crippen molar-refractivity contribution in [2.24, 2.45) is 0 Å². The third-order valence-electron chi connectivity index (χ3n) is 4.66. The minimum Gasteiger partial charge on any atom is -0.350 e. The molecule has 0 aliphatic heterocycles. The fourth-order valence-corrected chi connectivity index (χ4v) is 4.34. The number of aromatic nitrogens is 1. The molecule has 0 atom stereocenters. The van der Waals surface area contributed by atoms with Gasteiger partial charge in [-0.3, -0.25) is 4.79 Å². The van der Waals surface area contributed by atoms with Crippen LogP contribution in [-0.4, -0.2) is 25.6 Å². The second-order valence-electron chi connectivity index (χ2n) is 7.01. The molecule has 0 bridgehead atoms. The van der Waals surface area contributed by atoms with E-state index < -0.39 is 27.4 Å². The van der Waals surface area contributed by atoms with E-state index in [4.69, 9.17) is 0 Å². The SMILES string of the molecule is CS(=O)(=O)c1ccc2cc(C(=O)Nc3cc(Br)cc(-c4ccc(F)cc4F)c3)[nH]c2c1. The standard InChI is InChI=1S/C22H15BrF2N2O3S/c1-31(29,30)17-4-2-12-8-21(27-20(12)11-17)22(28)26-16-7-13(6-14(23)9-16)18-5-3-15(24)10-19(18)25/h2-11,27H,1H3,(H,26,28). The molecule has 1 amide bonds. The van der Waals surface area contributed by atoms with E-state index in [2.05, 4.69) is 26.2 Å². The topological polar surface area (TPSA) is 79.0 Å². The van der Waals surface area contributed by atoms with Crippen molar-refractivity contribution >= 4 is 48.3 Å². The summed E-state index contributed by atoms with van der Waals surface area (Å²) in [4.78, 5) is 15.8. The van der Waals surface area contributed by atoms with Crippen molar-refractivity contribution in [3.05, 3.63) is 82.5 Å². The van der Waals surface area contributed by atoms with E-state index in [1.54, 1.807) is 30.3 Å². The lowest BCUT2D eigenvalue weighted by Crippen LogP contribution is -2.12. The zero-order chi connectivity index (χ0) is 22.3. The number of carbonyl (C=O) groups is 1. The van der Waals surface area contributed by atoms with Gasteiger partial charge in [-0.25, -0.2) is 17.2 Å². The average Bonchev–Trinajstić information content (AvgIpc) is 3.10. The van der Waals surface area contributed by atoms with Crippen LogP contribution in [0.4, 0.5) is 14.5 Å². The Balaban J connectivity index is 1.65. The molecule has 3 aromatic carbocycles. The summed E-state index contributed by atoms with van der Waals surface area (Å²) in [6.45, 7) is 0. The van der Waals surface area contributed by atoms with Crippen LogP contribution in [0.25, 0.3) is 22.0 Å². The summed E-state index contributed by atoms with van der Waals surface area (Å²) in [5.41, 5.74) is 1.79. The van der Waals surface area contributed by atoms with E-state index in [9.17, 15) is 22.0 Å². The highest BCUT2D eigenvalue weighted by atomic mass is 79.9. The first-order chi connectivity index (χ1) is 14.6. The predicted molar refractivity (Wildman–Crippen MR) is 119 cm³/mol. The Morgan fingerprint density at radius 3 is 2.48 bits per heavy atom. The van der Waals surface area contributed by atoms with Gasteiger partial charge in [0.15, 0.2) is 9.84 Å². The van der Waals surface area contributed by atoms with Gasteiger partial charge in [-0.2, -0.15) is 0 Å². The minimum atomic E-state index is -3.38. The quantitative estimate of drug-likeness (QED) is 0.383. The van der Waals surface area contributed by atoms with Crippen LogP contribution in [0.2, 0.25) is 0 Å². The Hall–Kier alpha value is -3.04. The molecule has 9 heteroatoms. The van der Waals surface area contributed by atoms with Crippen LogP contribution in [0, 0.1) is 11.6 Å². The van der Waals surface area contributed by atoms with E-state index in [1.807, 2.05) is 0 Å². The van der Waals surface area contributed by atoms with E-state index >= 15 is 0 Å². The molecule has 4 aromatic rings. The number of anilines is 1. The fourth-order valence-electron chi connectivity index (χ4n) is 3.20. The highest BCUT2D eigenvalue weighted by Gasteiger charge is 2.14. The lowest BCUT2D eigenvalue weighted by molar-refractivity contribution is 0.102. The van der Waals surface area contributed by atoms with Gasteiger partial charge in [-0.15, -0.1) is 0 Å². The van der Waals surface area contributed by atoms with Crippen LogP contribution in [-0.2, 0) is 9.84 Å². The van der Waals surface area contributed by atoms with Gasteiger partial charge >= 0.3 is 0 Å². The number of rotatable bonds is 4. The first kappa shape index (κ1) is 21.2. The van der Waals surface area contributed by atoms with Gasteiger partial charge in [0.2, 0.25) is 0 Å². The molecule has 2 N–H and O–H groups in total. The van der Waals surface area contributed by atoms with E-state index in [-0.39, 0.29) is 16.2 Å². The number of carbonyl (C=O) groups excluding carboxylic acids is 1. The van der Waals surface area contributed by atoms with Gasteiger partial charge in [0, 0.05) is 38.9 Å². The monoisotopic (exact) mass is 504 g/mol. The number of H-pyrrole nitrogens is 1. The van der Waals surface area contributed by atoms with Crippen LogP contribution in [0.1, 0.15) is 10.5 Å². The number of hydrogen-bond donors (Lipinski definition) is 2. The number of sulfone groups is 1. The van der Waals surface area contributed by atoms with E-state index in [0.717, 1.165) is 18.4 Å². The van der Waals surface area contributed by atoms with E-state index in [0.29, 0.717) is 26.6 Å². The Bertz CT molecular complexity index is 1450. The Morgan fingerprint density at radius 2 is 1.77 bits per heavy atom. The van der Waals surface area contributed by atoms with Gasteiger partial charge < -0.3 is 10.3 Å². The molecule has 0 radical (unpaired) electrons. The van der Waals surface area contributed by atoms with Crippen molar-refractivity contribution in [2.45, 2.75) is 4.90 Å². The number of amides is 1. The molecular weight excluding hydrogens is 490 g/mol. The number of halogens is 3. The molecule has 0 saturated heterocycles. The van der Waals surface area contributed by atoms with Crippen molar-refractivity contribution in [3.8, 4) is 11.1 Å². The molecule has 0 aliphatic carbocycles. The molecule has 0 unspecified atom stereocenters. The van der Waals surface area contributed by atoms with Gasteiger partial charge in [-0.05, 0) is 54.1 Å². The first-order valence-electron chi connectivity index (χ1n) is 9.00. The van der Waals surface area contributed by atoms with Gasteiger partial charge in [0.25, 0.3) is 5.91 Å². The maximum atomic E-state index is 14.2. The van der Waals surface area contributed by atoms with Crippen molar-refractivity contribution < 1.29 is 22.0 Å². The van der Waals surface area contributed by atoms with Crippen molar-refractivity contribution in [2.75, 3.05) is 11.6 Å². The van der Waals surface area contributed by atoms with Gasteiger partial charge in [-0.1, -0.05) is 22.0 Å². The Labute approximate surface area is 185 Å². The van der Waals surface area contributed by atoms with Crippen LogP contribution >= 0.6 is 15.9 Å².